The number of aliphatic hydroxyl groups excluding tert-OH is 3. The van der Waals surface area contributed by atoms with E-state index in [0.717, 1.165) is 38.5 Å². The van der Waals surface area contributed by atoms with Gasteiger partial charge in [-0.2, -0.15) is 0 Å². The average molecular weight is 423 g/mol. The molecule has 0 saturated heterocycles. The predicted molar refractivity (Wildman–Crippen MR) is 114 cm³/mol. The number of methoxy groups -OCH3 is 1. The van der Waals surface area contributed by atoms with Crippen molar-refractivity contribution in [1.29, 1.82) is 0 Å². The highest BCUT2D eigenvalue weighted by molar-refractivity contribution is 5.69. The standard InChI is InChI=1S/C25H42O5/c1-14(5-8-20(27)30-4)16-6-7-17-21-18(10-12-24(16,17)2)25(3)11-9-15(26)13-19(25)22(28)23(21)29/h14-19,21-23,26,28-29H,5-13H2,1-4H3/t14-,15-,16-,17+,18+,19+,21+,22+,23-,24-,25-/m1/s1. The quantitative estimate of drug-likeness (QED) is 0.603. The molecule has 0 radical (unpaired) electrons. The number of fused-ring (bicyclic) bond motifs is 5. The molecule has 11 atom stereocenters. The normalized spacial score (nSPS) is 51.4. The minimum atomic E-state index is -0.732. The van der Waals surface area contributed by atoms with Crippen molar-refractivity contribution >= 4 is 5.97 Å². The van der Waals surface area contributed by atoms with Crippen molar-refractivity contribution in [3.63, 3.8) is 0 Å². The van der Waals surface area contributed by atoms with Gasteiger partial charge in [0.25, 0.3) is 0 Å². The van der Waals surface area contributed by atoms with Gasteiger partial charge in [0.15, 0.2) is 0 Å². The molecule has 0 heterocycles. The van der Waals surface area contributed by atoms with Crippen LogP contribution < -0.4 is 0 Å². The Labute approximate surface area is 181 Å². The van der Waals surface area contributed by atoms with E-state index >= 15 is 0 Å². The van der Waals surface area contributed by atoms with Crippen molar-refractivity contribution in [2.45, 2.75) is 96.9 Å². The van der Waals surface area contributed by atoms with E-state index in [1.165, 1.54) is 13.5 Å². The van der Waals surface area contributed by atoms with Gasteiger partial charge in [0.1, 0.15) is 0 Å². The summed E-state index contributed by atoms with van der Waals surface area (Å²) < 4.78 is 4.84. The van der Waals surface area contributed by atoms with Gasteiger partial charge in [-0.05, 0) is 97.7 Å². The SMILES string of the molecule is COC(=O)CC[C@@H](C)[C@H]1CC[C@H]2[C@@H]3[C@@H](O)[C@@H](O)[C@@H]4C[C@H](O)CC[C@]4(C)[C@H]3CC[C@]12C. The second kappa shape index (κ2) is 8.04. The van der Waals surface area contributed by atoms with Crippen LogP contribution >= 0.6 is 0 Å². The summed E-state index contributed by atoms with van der Waals surface area (Å²) in [7, 11) is 1.45. The number of hydrogen-bond acceptors (Lipinski definition) is 5. The monoisotopic (exact) mass is 422 g/mol. The number of ether oxygens (including phenoxy) is 1. The fraction of sp³-hybridized carbons (Fsp3) is 0.960. The number of rotatable bonds is 4. The van der Waals surface area contributed by atoms with Gasteiger partial charge in [-0.1, -0.05) is 20.8 Å². The first-order valence-electron chi connectivity index (χ1n) is 12.2. The molecule has 0 aromatic carbocycles. The molecule has 0 aliphatic heterocycles. The Morgan fingerprint density at radius 1 is 0.967 bits per heavy atom. The first-order chi connectivity index (χ1) is 14.1. The van der Waals surface area contributed by atoms with Gasteiger partial charge in [0, 0.05) is 6.42 Å². The van der Waals surface area contributed by atoms with Crippen molar-refractivity contribution in [3.8, 4) is 0 Å². The molecule has 5 heteroatoms. The van der Waals surface area contributed by atoms with Crippen LogP contribution in [0.1, 0.15) is 78.6 Å². The molecule has 4 aliphatic carbocycles. The van der Waals surface area contributed by atoms with E-state index < -0.39 is 12.2 Å². The second-order valence-corrected chi connectivity index (χ2v) is 11.6. The summed E-state index contributed by atoms with van der Waals surface area (Å²) >= 11 is 0. The van der Waals surface area contributed by atoms with Crippen LogP contribution in [0.5, 0.6) is 0 Å². The molecule has 0 aromatic rings. The van der Waals surface area contributed by atoms with E-state index in [2.05, 4.69) is 20.8 Å². The lowest BCUT2D eigenvalue weighted by atomic mass is 9.43. The molecule has 4 aliphatic rings. The molecule has 0 spiro atoms. The maximum absolute atomic E-state index is 11.7. The van der Waals surface area contributed by atoms with Crippen LogP contribution in [-0.2, 0) is 9.53 Å². The fourth-order valence-corrected chi connectivity index (χ4v) is 8.86. The lowest BCUT2D eigenvalue weighted by molar-refractivity contribution is -0.223. The fourth-order valence-electron chi connectivity index (χ4n) is 8.86. The maximum atomic E-state index is 11.7. The van der Waals surface area contributed by atoms with Crippen molar-refractivity contribution in [2.24, 2.45) is 46.3 Å². The largest absolute Gasteiger partial charge is 0.469 e. The van der Waals surface area contributed by atoms with Gasteiger partial charge in [0.05, 0.1) is 25.4 Å². The molecule has 4 rings (SSSR count). The molecule has 4 fully saturated rings. The number of aliphatic hydroxyl groups is 3. The average Bonchev–Trinajstić information content (AvgIpc) is 3.08. The van der Waals surface area contributed by atoms with Crippen molar-refractivity contribution in [1.82, 2.24) is 0 Å². The van der Waals surface area contributed by atoms with E-state index in [0.29, 0.717) is 36.5 Å². The Kier molecular flexibility index (Phi) is 6.04. The van der Waals surface area contributed by atoms with Crippen LogP contribution in [0.4, 0.5) is 0 Å². The molecule has 172 valence electrons. The maximum Gasteiger partial charge on any atom is 0.305 e. The molecule has 0 unspecified atom stereocenters. The second-order valence-electron chi connectivity index (χ2n) is 11.6. The van der Waals surface area contributed by atoms with Gasteiger partial charge in [-0.25, -0.2) is 0 Å². The Hall–Kier alpha value is -0.650. The minimum Gasteiger partial charge on any atom is -0.469 e. The Bertz CT molecular complexity index is 651. The molecule has 5 nitrogen and oxygen atoms in total. The molecule has 0 bridgehead atoms. The zero-order chi connectivity index (χ0) is 21.8. The van der Waals surface area contributed by atoms with Gasteiger partial charge < -0.3 is 20.1 Å². The summed E-state index contributed by atoms with van der Waals surface area (Å²) in [5.41, 5.74) is 0.174. The van der Waals surface area contributed by atoms with Crippen LogP contribution in [0.2, 0.25) is 0 Å². The van der Waals surface area contributed by atoms with Crippen molar-refractivity contribution < 1.29 is 24.9 Å². The Morgan fingerprint density at radius 2 is 1.63 bits per heavy atom. The van der Waals surface area contributed by atoms with Gasteiger partial charge in [-0.15, -0.1) is 0 Å². The third-order valence-corrected chi connectivity index (χ3v) is 10.5. The van der Waals surface area contributed by atoms with E-state index in [4.69, 9.17) is 4.74 Å². The highest BCUT2D eigenvalue weighted by Gasteiger charge is 2.65. The molecular formula is C25H42O5. The summed E-state index contributed by atoms with van der Waals surface area (Å²) in [6.07, 6.45) is 6.48. The molecule has 0 amide bonds. The Morgan fingerprint density at radius 3 is 2.33 bits per heavy atom. The topological polar surface area (TPSA) is 87.0 Å². The van der Waals surface area contributed by atoms with Gasteiger partial charge in [-0.3, -0.25) is 4.79 Å². The lowest BCUT2D eigenvalue weighted by Gasteiger charge is -2.63. The van der Waals surface area contributed by atoms with Crippen LogP contribution in [0.3, 0.4) is 0 Å². The summed E-state index contributed by atoms with van der Waals surface area (Å²) in [5, 5.41) is 32.7. The number of carbonyl (C=O) groups excluding carboxylic acids is 1. The zero-order valence-corrected chi connectivity index (χ0v) is 19.2. The molecule has 30 heavy (non-hydrogen) atoms. The van der Waals surface area contributed by atoms with E-state index in [-0.39, 0.29) is 34.7 Å². The van der Waals surface area contributed by atoms with Crippen LogP contribution in [0, 0.1) is 46.3 Å². The van der Waals surface area contributed by atoms with E-state index in [9.17, 15) is 20.1 Å². The minimum absolute atomic E-state index is 0.00182. The summed E-state index contributed by atoms with van der Waals surface area (Å²) in [4.78, 5) is 11.7. The molecular weight excluding hydrogens is 380 g/mol. The summed E-state index contributed by atoms with van der Waals surface area (Å²) in [6.45, 7) is 7.02. The third-order valence-electron chi connectivity index (χ3n) is 10.5. The van der Waals surface area contributed by atoms with E-state index in [1.54, 1.807) is 0 Å². The van der Waals surface area contributed by atoms with Crippen LogP contribution in [0.25, 0.3) is 0 Å². The zero-order valence-electron chi connectivity index (χ0n) is 19.2. The first kappa shape index (κ1) is 22.5. The van der Waals surface area contributed by atoms with Crippen molar-refractivity contribution in [3.05, 3.63) is 0 Å². The number of carbonyl (C=O) groups is 1. The number of esters is 1. The Balaban J connectivity index is 1.56. The number of hydrogen-bond donors (Lipinski definition) is 3. The van der Waals surface area contributed by atoms with E-state index in [1.807, 2.05) is 0 Å². The molecule has 4 saturated carbocycles. The molecule has 0 aromatic heterocycles. The third kappa shape index (κ3) is 3.34. The predicted octanol–water partition coefficient (Wildman–Crippen LogP) is 3.54. The smallest absolute Gasteiger partial charge is 0.305 e. The lowest BCUT2D eigenvalue weighted by Crippen LogP contribution is -2.64. The van der Waals surface area contributed by atoms with Gasteiger partial charge in [0.2, 0.25) is 0 Å². The highest BCUT2D eigenvalue weighted by atomic mass is 16.5. The summed E-state index contributed by atoms with van der Waals surface area (Å²) in [6, 6.07) is 0. The van der Waals surface area contributed by atoms with Gasteiger partial charge >= 0.3 is 5.97 Å². The highest BCUT2D eigenvalue weighted by Crippen LogP contribution is 2.68. The molecule has 3 N–H and O–H groups in total. The van der Waals surface area contributed by atoms with Crippen LogP contribution in [-0.4, -0.2) is 46.7 Å². The summed E-state index contributed by atoms with van der Waals surface area (Å²) in [5.74, 6) is 1.87. The first-order valence-corrected chi connectivity index (χ1v) is 12.2. The van der Waals surface area contributed by atoms with Crippen molar-refractivity contribution in [2.75, 3.05) is 7.11 Å². The van der Waals surface area contributed by atoms with Crippen LogP contribution in [0.15, 0.2) is 0 Å².